The lowest BCUT2D eigenvalue weighted by Gasteiger charge is -2.42. The quantitative estimate of drug-likeness (QED) is 0.712. The van der Waals surface area contributed by atoms with Crippen LogP contribution in [0.25, 0.3) is 0 Å². The number of hydrogen-bond donors (Lipinski definition) is 2. The number of ether oxygens (including phenoxy) is 1. The molecule has 1 amide bonds. The maximum Gasteiger partial charge on any atom is 0.264 e. The molecule has 2 aromatic rings. The number of rotatable bonds is 4. The molecule has 0 aromatic heterocycles. The van der Waals surface area contributed by atoms with Gasteiger partial charge in [0.15, 0.2) is 0 Å². The molecule has 1 aliphatic carbocycles. The summed E-state index contributed by atoms with van der Waals surface area (Å²) in [5, 5.41) is 3.72. The summed E-state index contributed by atoms with van der Waals surface area (Å²) < 4.78 is 30.7. The van der Waals surface area contributed by atoms with Crippen molar-refractivity contribution in [1.82, 2.24) is 4.72 Å². The number of carbonyl (C=O) groups is 1. The first-order chi connectivity index (χ1) is 15.8. The second-order valence-electron chi connectivity index (χ2n) is 9.55. The van der Waals surface area contributed by atoms with Crippen molar-refractivity contribution in [3.63, 3.8) is 0 Å². The van der Waals surface area contributed by atoms with Gasteiger partial charge in [0.1, 0.15) is 0 Å². The predicted octanol–water partition coefficient (Wildman–Crippen LogP) is 3.58. The molecule has 2 aromatic carbocycles. The van der Waals surface area contributed by atoms with E-state index in [0.29, 0.717) is 5.56 Å². The molecule has 8 heteroatoms. The lowest BCUT2D eigenvalue weighted by Crippen LogP contribution is -2.37. The van der Waals surface area contributed by atoms with Gasteiger partial charge in [-0.05, 0) is 66.1 Å². The SMILES string of the molecule is CS(=O)(=O)NC(=O)c1ccc2c(c1)C1(CCCC1)CC(c1cccc(N3CCOCC3)c1)N2. The van der Waals surface area contributed by atoms with E-state index in [1.165, 1.54) is 24.1 Å². The first-order valence-corrected chi connectivity index (χ1v) is 13.6. The van der Waals surface area contributed by atoms with Gasteiger partial charge in [0, 0.05) is 30.0 Å². The highest BCUT2D eigenvalue weighted by molar-refractivity contribution is 7.89. The summed E-state index contributed by atoms with van der Waals surface area (Å²) in [6.07, 6.45) is 6.46. The molecule has 1 atom stereocenters. The molecule has 1 saturated carbocycles. The van der Waals surface area contributed by atoms with E-state index in [2.05, 4.69) is 39.2 Å². The molecular formula is C25H31N3O4S. The fourth-order valence-electron chi connectivity index (χ4n) is 5.70. The molecule has 3 aliphatic rings. The number of amides is 1. The third-order valence-corrected chi connectivity index (χ3v) is 7.82. The van der Waals surface area contributed by atoms with Crippen molar-refractivity contribution in [2.75, 3.05) is 42.8 Å². The van der Waals surface area contributed by atoms with Crippen LogP contribution >= 0.6 is 0 Å². The fourth-order valence-corrected chi connectivity index (χ4v) is 6.16. The van der Waals surface area contributed by atoms with E-state index < -0.39 is 15.9 Å². The van der Waals surface area contributed by atoms with Gasteiger partial charge < -0.3 is 15.0 Å². The van der Waals surface area contributed by atoms with Crippen LogP contribution < -0.4 is 14.9 Å². The van der Waals surface area contributed by atoms with Crippen molar-refractivity contribution >= 4 is 27.3 Å². The average Bonchev–Trinajstić information content (AvgIpc) is 3.27. The van der Waals surface area contributed by atoms with Gasteiger partial charge in [-0.3, -0.25) is 4.79 Å². The minimum Gasteiger partial charge on any atom is -0.378 e. The highest BCUT2D eigenvalue weighted by Gasteiger charge is 2.43. The Kier molecular flexibility index (Phi) is 5.82. The van der Waals surface area contributed by atoms with Crippen molar-refractivity contribution in [2.24, 2.45) is 0 Å². The summed E-state index contributed by atoms with van der Waals surface area (Å²) in [5.41, 5.74) is 5.08. The van der Waals surface area contributed by atoms with Crippen molar-refractivity contribution in [3.8, 4) is 0 Å². The van der Waals surface area contributed by atoms with E-state index in [9.17, 15) is 13.2 Å². The van der Waals surface area contributed by atoms with Crippen LogP contribution in [-0.2, 0) is 20.2 Å². The molecule has 1 spiro atoms. The smallest absolute Gasteiger partial charge is 0.264 e. The van der Waals surface area contributed by atoms with Gasteiger partial charge in [-0.2, -0.15) is 0 Å². The maximum absolute atomic E-state index is 12.5. The van der Waals surface area contributed by atoms with Gasteiger partial charge in [0.05, 0.1) is 25.5 Å². The van der Waals surface area contributed by atoms with Gasteiger partial charge in [-0.25, -0.2) is 13.1 Å². The Morgan fingerprint density at radius 1 is 1.12 bits per heavy atom. The Morgan fingerprint density at radius 3 is 2.61 bits per heavy atom. The van der Waals surface area contributed by atoms with Crippen LogP contribution in [0.3, 0.4) is 0 Å². The summed E-state index contributed by atoms with van der Waals surface area (Å²) in [4.78, 5) is 14.9. The Bertz CT molecular complexity index is 1150. The van der Waals surface area contributed by atoms with E-state index in [-0.39, 0.29) is 11.5 Å². The van der Waals surface area contributed by atoms with Gasteiger partial charge in [0.25, 0.3) is 5.91 Å². The number of nitrogens with one attached hydrogen (secondary N) is 2. The van der Waals surface area contributed by atoms with Crippen molar-refractivity contribution in [2.45, 2.75) is 43.6 Å². The predicted molar refractivity (Wildman–Crippen MR) is 129 cm³/mol. The number of morpholine rings is 1. The molecule has 7 nitrogen and oxygen atoms in total. The first-order valence-electron chi connectivity index (χ1n) is 11.7. The normalized spacial score (nSPS) is 22.0. The van der Waals surface area contributed by atoms with Crippen LogP contribution in [0.4, 0.5) is 11.4 Å². The third-order valence-electron chi connectivity index (χ3n) is 7.27. The van der Waals surface area contributed by atoms with Gasteiger partial charge in [0.2, 0.25) is 10.0 Å². The summed E-state index contributed by atoms with van der Waals surface area (Å²) in [7, 11) is -3.61. The Hall–Kier alpha value is -2.58. The molecule has 2 N–H and O–H groups in total. The van der Waals surface area contributed by atoms with Crippen LogP contribution in [0, 0.1) is 0 Å². The van der Waals surface area contributed by atoms with Crippen LogP contribution in [0.15, 0.2) is 42.5 Å². The van der Waals surface area contributed by atoms with Crippen LogP contribution in [0.5, 0.6) is 0 Å². The molecule has 2 heterocycles. The zero-order valence-corrected chi connectivity index (χ0v) is 19.8. The van der Waals surface area contributed by atoms with Gasteiger partial charge in [-0.1, -0.05) is 25.0 Å². The summed E-state index contributed by atoms with van der Waals surface area (Å²) >= 11 is 0. The van der Waals surface area contributed by atoms with Crippen LogP contribution in [0.2, 0.25) is 0 Å². The number of carbonyl (C=O) groups excluding carboxylic acids is 1. The molecule has 0 bridgehead atoms. The fraction of sp³-hybridized carbons (Fsp3) is 0.480. The molecule has 0 radical (unpaired) electrons. The third kappa shape index (κ3) is 4.59. The number of hydrogen-bond acceptors (Lipinski definition) is 6. The van der Waals surface area contributed by atoms with Crippen molar-refractivity contribution in [1.29, 1.82) is 0 Å². The Morgan fingerprint density at radius 2 is 1.88 bits per heavy atom. The zero-order chi connectivity index (χ0) is 23.1. The zero-order valence-electron chi connectivity index (χ0n) is 19.0. The van der Waals surface area contributed by atoms with Crippen molar-refractivity contribution in [3.05, 3.63) is 59.2 Å². The summed E-state index contributed by atoms with van der Waals surface area (Å²) in [5.74, 6) is -0.575. The first kappa shape index (κ1) is 22.2. The van der Waals surface area contributed by atoms with E-state index >= 15 is 0 Å². The van der Waals surface area contributed by atoms with Gasteiger partial charge in [-0.15, -0.1) is 0 Å². The molecule has 2 fully saturated rings. The number of nitrogens with zero attached hydrogens (tertiary/aromatic N) is 1. The molecule has 5 rings (SSSR count). The lowest BCUT2D eigenvalue weighted by atomic mass is 9.69. The average molecular weight is 470 g/mol. The monoisotopic (exact) mass is 469 g/mol. The van der Waals surface area contributed by atoms with Gasteiger partial charge >= 0.3 is 0 Å². The number of anilines is 2. The minimum atomic E-state index is -3.61. The highest BCUT2D eigenvalue weighted by atomic mass is 32.2. The van der Waals surface area contributed by atoms with Crippen molar-refractivity contribution < 1.29 is 17.9 Å². The largest absolute Gasteiger partial charge is 0.378 e. The van der Waals surface area contributed by atoms with E-state index in [1.54, 1.807) is 6.07 Å². The lowest BCUT2D eigenvalue weighted by molar-refractivity contribution is 0.0981. The van der Waals surface area contributed by atoms with E-state index in [1.807, 2.05) is 12.1 Å². The number of benzene rings is 2. The van der Waals surface area contributed by atoms with Crippen LogP contribution in [-0.4, -0.2) is 46.9 Å². The molecule has 2 aliphatic heterocycles. The Balaban J connectivity index is 1.46. The number of sulfonamides is 1. The standard InChI is InChI=1S/C25H31N3O4S/c1-33(30,31)27-24(29)19-7-8-22-21(16-19)25(9-2-3-10-25)17-23(26-22)18-5-4-6-20(15-18)28-11-13-32-14-12-28/h4-8,15-16,23,26H,2-3,9-14,17H2,1H3,(H,27,29). The minimum absolute atomic E-state index is 0.00159. The topological polar surface area (TPSA) is 87.7 Å². The molecular weight excluding hydrogens is 438 g/mol. The summed E-state index contributed by atoms with van der Waals surface area (Å²) in [6.45, 7) is 3.34. The second-order valence-corrected chi connectivity index (χ2v) is 11.3. The molecule has 33 heavy (non-hydrogen) atoms. The second kappa shape index (κ2) is 8.65. The number of fused-ring (bicyclic) bond motifs is 2. The maximum atomic E-state index is 12.5. The molecule has 1 saturated heterocycles. The van der Waals surface area contributed by atoms with Crippen LogP contribution in [0.1, 0.15) is 59.6 Å². The molecule has 176 valence electrons. The summed E-state index contributed by atoms with van der Waals surface area (Å²) in [6, 6.07) is 14.5. The Labute approximate surface area is 195 Å². The van der Waals surface area contributed by atoms with E-state index in [4.69, 9.17) is 4.74 Å². The highest BCUT2D eigenvalue weighted by Crippen LogP contribution is 2.53. The van der Waals surface area contributed by atoms with E-state index in [0.717, 1.165) is 63.1 Å². The molecule has 1 unspecified atom stereocenters.